The summed E-state index contributed by atoms with van der Waals surface area (Å²) in [5.41, 5.74) is -0.254. The molecule has 20 heavy (non-hydrogen) atoms. The van der Waals surface area contributed by atoms with Gasteiger partial charge in [-0.15, -0.1) is 0 Å². The number of carbonyl (C=O) groups is 1. The molecule has 1 heterocycles. The first kappa shape index (κ1) is 15.4. The second-order valence-electron chi connectivity index (χ2n) is 5.54. The van der Waals surface area contributed by atoms with Crippen molar-refractivity contribution in [3.8, 4) is 0 Å². The summed E-state index contributed by atoms with van der Waals surface area (Å²) in [7, 11) is 1.39. The molecule has 0 atom stereocenters. The van der Waals surface area contributed by atoms with E-state index in [0.29, 0.717) is 0 Å². The van der Waals surface area contributed by atoms with E-state index in [1.807, 2.05) is 6.92 Å². The highest BCUT2D eigenvalue weighted by atomic mass is 35.7. The Balaban J connectivity index is 2.18. The molecule has 1 aliphatic rings. The second kappa shape index (κ2) is 5.41. The molecule has 1 fully saturated rings. The Labute approximate surface area is 123 Å². The highest BCUT2D eigenvalue weighted by Gasteiger charge is 2.30. The Bertz CT molecular complexity index is 614. The van der Waals surface area contributed by atoms with Crippen LogP contribution in [0.1, 0.15) is 55.3 Å². The van der Waals surface area contributed by atoms with Crippen molar-refractivity contribution in [2.45, 2.75) is 56.4 Å². The Morgan fingerprint density at radius 1 is 1.35 bits per heavy atom. The number of furan rings is 1. The average Bonchev–Trinajstić information content (AvgIpc) is 2.71. The largest absolute Gasteiger partial charge is 0.455 e. The van der Waals surface area contributed by atoms with Crippen LogP contribution < -0.4 is 5.32 Å². The van der Waals surface area contributed by atoms with Crippen molar-refractivity contribution in [3.05, 3.63) is 17.6 Å². The zero-order valence-corrected chi connectivity index (χ0v) is 13.1. The maximum atomic E-state index is 12.2. The molecule has 1 aliphatic carbocycles. The van der Waals surface area contributed by atoms with Gasteiger partial charge >= 0.3 is 0 Å². The van der Waals surface area contributed by atoms with E-state index in [4.69, 9.17) is 15.1 Å². The fourth-order valence-corrected chi connectivity index (χ4v) is 3.70. The van der Waals surface area contributed by atoms with Gasteiger partial charge in [0.15, 0.2) is 5.76 Å². The molecule has 0 spiro atoms. The third-order valence-electron chi connectivity index (χ3n) is 3.73. The minimum atomic E-state index is -3.90. The van der Waals surface area contributed by atoms with Crippen molar-refractivity contribution < 1.29 is 17.6 Å². The molecule has 5 nitrogen and oxygen atoms in total. The first-order valence-corrected chi connectivity index (χ1v) is 8.90. The van der Waals surface area contributed by atoms with Gasteiger partial charge in [-0.3, -0.25) is 4.79 Å². The monoisotopic (exact) mass is 319 g/mol. The number of aryl methyl sites for hydroxylation is 1. The Morgan fingerprint density at radius 3 is 2.45 bits per heavy atom. The third-order valence-corrected chi connectivity index (χ3v) is 5.16. The topological polar surface area (TPSA) is 76.4 Å². The number of amides is 1. The van der Waals surface area contributed by atoms with Crippen LogP contribution in [0, 0.1) is 6.92 Å². The van der Waals surface area contributed by atoms with Gasteiger partial charge in [-0.05, 0) is 26.7 Å². The van der Waals surface area contributed by atoms with Crippen LogP contribution in [-0.2, 0) is 9.05 Å². The zero-order valence-electron chi connectivity index (χ0n) is 11.5. The summed E-state index contributed by atoms with van der Waals surface area (Å²) in [5, 5.41) is 2.93. The molecule has 1 amide bonds. The lowest BCUT2D eigenvalue weighted by atomic mass is 9.83. The summed E-state index contributed by atoms with van der Waals surface area (Å²) < 4.78 is 27.8. The van der Waals surface area contributed by atoms with Gasteiger partial charge in [0.05, 0.1) is 0 Å². The minimum Gasteiger partial charge on any atom is -0.455 e. The molecule has 0 bridgehead atoms. The lowest BCUT2D eigenvalue weighted by Crippen LogP contribution is -2.47. The normalized spacial score (nSPS) is 18.8. The maximum Gasteiger partial charge on any atom is 0.287 e. The SMILES string of the molecule is Cc1oc(C(=O)NC2(C)CCCCC2)cc1S(=O)(=O)Cl. The number of hydrogen-bond donors (Lipinski definition) is 1. The summed E-state index contributed by atoms with van der Waals surface area (Å²) >= 11 is 0. The fraction of sp³-hybridized carbons (Fsp3) is 0.615. The Kier molecular flexibility index (Phi) is 4.16. The summed E-state index contributed by atoms with van der Waals surface area (Å²) in [4.78, 5) is 12.0. The van der Waals surface area contributed by atoms with Gasteiger partial charge in [-0.1, -0.05) is 19.3 Å². The minimum absolute atomic E-state index is 0.0199. The van der Waals surface area contributed by atoms with E-state index >= 15 is 0 Å². The number of carbonyl (C=O) groups excluding carboxylic acids is 1. The molecule has 0 aliphatic heterocycles. The van der Waals surface area contributed by atoms with Crippen molar-refractivity contribution in [1.82, 2.24) is 5.32 Å². The first-order chi connectivity index (χ1) is 9.21. The van der Waals surface area contributed by atoms with Crippen LogP contribution in [0.5, 0.6) is 0 Å². The molecule has 1 aromatic heterocycles. The van der Waals surface area contributed by atoms with Crippen LogP contribution in [0.3, 0.4) is 0 Å². The van der Waals surface area contributed by atoms with Crippen LogP contribution in [0.25, 0.3) is 0 Å². The Hall–Kier alpha value is -1.01. The molecular weight excluding hydrogens is 302 g/mol. The summed E-state index contributed by atoms with van der Waals surface area (Å²) in [6, 6.07) is 1.18. The van der Waals surface area contributed by atoms with Gasteiger partial charge in [-0.2, -0.15) is 0 Å². The average molecular weight is 320 g/mol. The van der Waals surface area contributed by atoms with Crippen molar-refractivity contribution in [1.29, 1.82) is 0 Å². The first-order valence-electron chi connectivity index (χ1n) is 6.59. The zero-order chi connectivity index (χ0) is 15.0. The molecule has 0 unspecified atom stereocenters. The standard InChI is InChI=1S/C13H18ClNO4S/c1-9-11(20(14,17)18)8-10(19-9)12(16)15-13(2)6-4-3-5-7-13/h8H,3-7H2,1-2H3,(H,15,16). The van der Waals surface area contributed by atoms with E-state index in [-0.39, 0.29) is 22.0 Å². The van der Waals surface area contributed by atoms with Gasteiger partial charge in [0.25, 0.3) is 15.0 Å². The molecule has 7 heteroatoms. The Morgan fingerprint density at radius 2 is 1.95 bits per heavy atom. The van der Waals surface area contributed by atoms with Crippen molar-refractivity contribution in [3.63, 3.8) is 0 Å². The lowest BCUT2D eigenvalue weighted by molar-refractivity contribution is 0.0852. The van der Waals surface area contributed by atoms with Crippen LogP contribution in [0.15, 0.2) is 15.4 Å². The van der Waals surface area contributed by atoms with Gasteiger partial charge in [-0.25, -0.2) is 8.42 Å². The molecule has 0 aromatic carbocycles. The van der Waals surface area contributed by atoms with E-state index in [9.17, 15) is 13.2 Å². The second-order valence-corrected chi connectivity index (χ2v) is 8.08. The van der Waals surface area contributed by atoms with E-state index in [1.165, 1.54) is 19.4 Å². The lowest BCUT2D eigenvalue weighted by Gasteiger charge is -2.34. The van der Waals surface area contributed by atoms with Gasteiger partial charge in [0.1, 0.15) is 10.7 Å². The van der Waals surface area contributed by atoms with Crippen LogP contribution in [0.4, 0.5) is 0 Å². The third kappa shape index (κ3) is 3.35. The smallest absolute Gasteiger partial charge is 0.287 e. The highest BCUT2D eigenvalue weighted by Crippen LogP contribution is 2.29. The quantitative estimate of drug-likeness (QED) is 0.869. The van der Waals surface area contributed by atoms with Crippen LogP contribution in [0.2, 0.25) is 0 Å². The van der Waals surface area contributed by atoms with Crippen molar-refractivity contribution >= 4 is 25.6 Å². The van der Waals surface area contributed by atoms with E-state index in [2.05, 4.69) is 5.32 Å². The summed E-state index contributed by atoms with van der Waals surface area (Å²) in [6.45, 7) is 3.47. The highest BCUT2D eigenvalue weighted by molar-refractivity contribution is 8.13. The van der Waals surface area contributed by atoms with Crippen molar-refractivity contribution in [2.24, 2.45) is 0 Å². The van der Waals surface area contributed by atoms with Crippen LogP contribution >= 0.6 is 10.7 Å². The summed E-state index contributed by atoms with van der Waals surface area (Å²) in [5.74, 6) is -0.295. The molecule has 1 aromatic rings. The molecule has 112 valence electrons. The van der Waals surface area contributed by atoms with Crippen LogP contribution in [-0.4, -0.2) is 19.9 Å². The predicted molar refractivity (Wildman–Crippen MR) is 75.4 cm³/mol. The fourth-order valence-electron chi connectivity index (χ4n) is 2.61. The van der Waals surface area contributed by atoms with E-state index in [0.717, 1.165) is 25.7 Å². The van der Waals surface area contributed by atoms with E-state index < -0.39 is 15.0 Å². The number of halogens is 1. The number of nitrogens with one attached hydrogen (secondary N) is 1. The molecule has 0 radical (unpaired) electrons. The molecule has 2 rings (SSSR count). The molecular formula is C13H18ClNO4S. The van der Waals surface area contributed by atoms with E-state index in [1.54, 1.807) is 0 Å². The number of rotatable bonds is 3. The maximum absolute atomic E-state index is 12.2. The summed E-state index contributed by atoms with van der Waals surface area (Å²) in [6.07, 6.45) is 5.17. The molecule has 0 saturated heterocycles. The number of hydrogen-bond acceptors (Lipinski definition) is 4. The predicted octanol–water partition coefficient (Wildman–Crippen LogP) is 2.97. The van der Waals surface area contributed by atoms with Gasteiger partial charge in [0.2, 0.25) is 0 Å². The molecule has 1 N–H and O–H groups in total. The van der Waals surface area contributed by atoms with Gasteiger partial charge in [0, 0.05) is 22.3 Å². The van der Waals surface area contributed by atoms with Gasteiger partial charge < -0.3 is 9.73 Å². The van der Waals surface area contributed by atoms with Crippen molar-refractivity contribution in [2.75, 3.05) is 0 Å². The molecule has 1 saturated carbocycles.